The van der Waals surface area contributed by atoms with Gasteiger partial charge >= 0.3 is 10.2 Å². The molecule has 4 aliphatic carbocycles. The summed E-state index contributed by atoms with van der Waals surface area (Å²) in [5, 5.41) is 9.28. The van der Waals surface area contributed by atoms with Crippen molar-refractivity contribution in [3.05, 3.63) is 12.7 Å². The summed E-state index contributed by atoms with van der Waals surface area (Å²) >= 11 is 0. The highest BCUT2D eigenvalue weighted by atomic mass is 32.2. The minimum absolute atomic E-state index is 0.0218. The number of rotatable bonds is 15. The number of amides is 5. The van der Waals surface area contributed by atoms with Gasteiger partial charge in [0.2, 0.25) is 23.6 Å². The van der Waals surface area contributed by atoms with Gasteiger partial charge in [0.05, 0.1) is 6.04 Å². The minimum atomic E-state index is -4.17. The maximum Gasteiger partial charge on any atom is 0.303 e. The van der Waals surface area contributed by atoms with Crippen molar-refractivity contribution in [3.63, 3.8) is 0 Å². The van der Waals surface area contributed by atoms with Gasteiger partial charge in [0, 0.05) is 31.0 Å². The molecule has 0 aromatic heterocycles. The maximum atomic E-state index is 15.3. The first-order valence-electron chi connectivity index (χ1n) is 22.6. The first kappa shape index (κ1) is 45.5. The van der Waals surface area contributed by atoms with Crippen LogP contribution < -0.4 is 20.7 Å². The van der Waals surface area contributed by atoms with Crippen molar-refractivity contribution in [2.45, 2.75) is 169 Å². The average Bonchev–Trinajstić information content (AvgIpc) is 3.90. The lowest BCUT2D eigenvalue weighted by Crippen LogP contribution is -2.63. The summed E-state index contributed by atoms with van der Waals surface area (Å²) < 4.78 is 29.6. The normalized spacial score (nSPS) is 31.2. The van der Waals surface area contributed by atoms with Crippen molar-refractivity contribution in [1.82, 2.24) is 34.8 Å². The number of carbonyl (C=O) groups is 5. The van der Waals surface area contributed by atoms with Crippen LogP contribution in [0.5, 0.6) is 0 Å². The second-order valence-electron chi connectivity index (χ2n) is 20.2. The molecule has 0 aromatic carbocycles. The number of fused-ring (bicyclic) bond motifs is 1. The Balaban J connectivity index is 1.28. The van der Waals surface area contributed by atoms with Gasteiger partial charge in [-0.1, -0.05) is 93.6 Å². The maximum absolute atomic E-state index is 15.3. The Bertz CT molecular complexity index is 1770. The number of nitrogens with zero attached hydrogens (tertiary/aromatic N) is 3. The van der Waals surface area contributed by atoms with Gasteiger partial charge in [0.1, 0.15) is 23.7 Å². The van der Waals surface area contributed by atoms with E-state index in [9.17, 15) is 27.6 Å². The Morgan fingerprint density at radius 2 is 1.49 bits per heavy atom. The minimum Gasteiger partial charge on any atom is -0.343 e. The molecule has 0 aromatic rings. The third kappa shape index (κ3) is 7.87. The molecule has 6 fully saturated rings. The lowest BCUT2D eigenvalue weighted by molar-refractivity contribution is -0.145. The molecule has 4 saturated carbocycles. The Hall–Kier alpha value is -3.04. The molecule has 2 heterocycles. The summed E-state index contributed by atoms with van der Waals surface area (Å²) in [5.41, 5.74) is -2.82. The first-order valence-corrected chi connectivity index (χ1v) is 24.1. The van der Waals surface area contributed by atoms with E-state index in [2.05, 4.69) is 52.9 Å². The molecule has 0 bridgehead atoms. The van der Waals surface area contributed by atoms with Crippen LogP contribution in [-0.4, -0.2) is 114 Å². The van der Waals surface area contributed by atoms with Crippen LogP contribution in [0.25, 0.3) is 0 Å². The van der Waals surface area contributed by atoms with Crippen LogP contribution in [-0.2, 0) is 34.2 Å². The fourth-order valence-electron chi connectivity index (χ4n) is 12.1. The number of likely N-dealkylation sites (N-methyl/N-ethyl adjacent to an activating group) is 1. The van der Waals surface area contributed by atoms with Crippen molar-refractivity contribution in [1.29, 1.82) is 0 Å². The number of likely N-dealkylation sites (tertiary alicyclic amines) is 2. The van der Waals surface area contributed by atoms with E-state index in [-0.39, 0.29) is 65.4 Å². The molecular weight excluding hydrogens is 771 g/mol. The zero-order valence-corrected chi connectivity index (χ0v) is 37.9. The van der Waals surface area contributed by atoms with E-state index < -0.39 is 57.0 Å². The van der Waals surface area contributed by atoms with Crippen LogP contribution in [0.15, 0.2) is 12.7 Å². The second-order valence-corrected chi connectivity index (χ2v) is 21.9. The number of carbonyl (C=O) groups excluding carboxylic acids is 5. The lowest BCUT2D eigenvalue weighted by Gasteiger charge is -2.39. The molecule has 2 spiro atoms. The zero-order chi connectivity index (χ0) is 43.3. The monoisotopic (exact) mass is 844 g/mol. The van der Waals surface area contributed by atoms with Crippen LogP contribution in [0.1, 0.15) is 139 Å². The fraction of sp³-hybridized carbons (Fsp3) is 0.841. The quantitative estimate of drug-likeness (QED) is 0.179. The van der Waals surface area contributed by atoms with Gasteiger partial charge < -0.3 is 20.9 Å². The highest BCUT2D eigenvalue weighted by Crippen LogP contribution is 2.88. The Labute approximate surface area is 353 Å². The van der Waals surface area contributed by atoms with E-state index in [4.69, 9.17) is 0 Å². The predicted molar refractivity (Wildman–Crippen MR) is 227 cm³/mol. The standard InChI is InChI=1S/C44H73N7O7S/c1-10-30-26-44(30,39(56)48-59(57,58)50(12-3)13-4)47-36(53)32-27-43(41(8,9)42(43)23-19-24-42)28-51(32)38(55)34(40(5,6)7)46-37(54)33(29-20-15-14-16-21-29)45-35(52)31-22-17-18-25-49(31)11-2/h10,29-34H,1,11-28H2,2-9H3,(H,45,52)(H,46,54)(H,47,53)(H,48,56)/t30-,31+,32+,33?,34-,43-,44-/m1/s1. The zero-order valence-electron chi connectivity index (χ0n) is 37.1. The number of piperidine rings is 1. The molecule has 15 heteroatoms. The van der Waals surface area contributed by atoms with Crippen LogP contribution >= 0.6 is 0 Å². The molecule has 0 radical (unpaired) electrons. The van der Waals surface area contributed by atoms with Crippen molar-refractivity contribution in [2.24, 2.45) is 33.5 Å². The summed E-state index contributed by atoms with van der Waals surface area (Å²) in [6.45, 7) is 21.7. The summed E-state index contributed by atoms with van der Waals surface area (Å²) in [6.07, 6.45) is 12.6. The SMILES string of the molecule is C=C[C@@H]1C[C@]1(NC(=O)[C@@H]1C[C@@]2(CN1C(=O)[C@@H](NC(=O)C(NC(=O)[C@@H]1CCCCN1CC)C1CCCCC1)C(C)(C)C)C(C)(C)C21CCC1)C(=O)NS(=O)(=O)N(CC)CC. The van der Waals surface area contributed by atoms with Gasteiger partial charge in [-0.2, -0.15) is 12.7 Å². The van der Waals surface area contributed by atoms with Gasteiger partial charge in [0.15, 0.2) is 0 Å². The summed E-state index contributed by atoms with van der Waals surface area (Å²) in [5.74, 6) is -2.82. The summed E-state index contributed by atoms with van der Waals surface area (Å²) in [6, 6.07) is -3.09. The third-order valence-electron chi connectivity index (χ3n) is 16.1. The highest BCUT2D eigenvalue weighted by Gasteiger charge is 2.85. The van der Waals surface area contributed by atoms with E-state index >= 15 is 4.79 Å². The van der Waals surface area contributed by atoms with E-state index in [0.29, 0.717) is 13.0 Å². The van der Waals surface area contributed by atoms with E-state index in [1.807, 2.05) is 20.8 Å². The van der Waals surface area contributed by atoms with Crippen LogP contribution in [0.3, 0.4) is 0 Å². The van der Waals surface area contributed by atoms with Crippen molar-refractivity contribution < 1.29 is 32.4 Å². The molecule has 59 heavy (non-hydrogen) atoms. The Morgan fingerprint density at radius 3 is 2.02 bits per heavy atom. The molecule has 1 unspecified atom stereocenters. The molecule has 5 amide bonds. The molecule has 7 atom stereocenters. The summed E-state index contributed by atoms with van der Waals surface area (Å²) in [4.78, 5) is 76.3. The number of nitrogens with one attached hydrogen (secondary N) is 4. The molecule has 2 saturated heterocycles. The largest absolute Gasteiger partial charge is 0.343 e. The van der Waals surface area contributed by atoms with Gasteiger partial charge in [-0.25, -0.2) is 4.72 Å². The van der Waals surface area contributed by atoms with Crippen LogP contribution in [0, 0.1) is 33.5 Å². The van der Waals surface area contributed by atoms with Crippen molar-refractivity contribution in [3.8, 4) is 0 Å². The van der Waals surface area contributed by atoms with Crippen LogP contribution in [0.4, 0.5) is 0 Å². The van der Waals surface area contributed by atoms with Crippen LogP contribution in [0.2, 0.25) is 0 Å². The molecule has 2 aliphatic heterocycles. The summed E-state index contributed by atoms with van der Waals surface area (Å²) in [7, 11) is -4.17. The Kier molecular flexibility index (Phi) is 12.9. The van der Waals surface area contributed by atoms with Crippen molar-refractivity contribution >= 4 is 39.7 Å². The predicted octanol–water partition coefficient (Wildman–Crippen LogP) is 4.02. The number of hydrogen-bond donors (Lipinski definition) is 4. The molecule has 14 nitrogen and oxygen atoms in total. The Morgan fingerprint density at radius 1 is 0.847 bits per heavy atom. The smallest absolute Gasteiger partial charge is 0.303 e. The molecule has 6 rings (SSSR count). The van der Waals surface area contributed by atoms with Crippen molar-refractivity contribution in [2.75, 3.05) is 32.7 Å². The topological polar surface area (TPSA) is 177 Å². The number of hydrogen-bond acceptors (Lipinski definition) is 8. The molecule has 4 N–H and O–H groups in total. The van der Waals surface area contributed by atoms with Gasteiger partial charge in [-0.3, -0.25) is 28.9 Å². The lowest BCUT2D eigenvalue weighted by atomic mass is 9.73. The van der Waals surface area contributed by atoms with Gasteiger partial charge in [0.25, 0.3) is 5.91 Å². The van der Waals surface area contributed by atoms with Gasteiger partial charge in [-0.05, 0) is 86.6 Å². The van der Waals surface area contributed by atoms with E-state index in [1.54, 1.807) is 24.8 Å². The third-order valence-corrected chi connectivity index (χ3v) is 17.8. The molecule has 6 aliphatic rings. The molecule has 332 valence electrons. The second kappa shape index (κ2) is 16.7. The highest BCUT2D eigenvalue weighted by molar-refractivity contribution is 7.87. The van der Waals surface area contributed by atoms with E-state index in [1.165, 1.54) is 0 Å². The van der Waals surface area contributed by atoms with E-state index in [0.717, 1.165) is 88.0 Å². The fourth-order valence-corrected chi connectivity index (χ4v) is 13.3. The first-order chi connectivity index (χ1) is 27.7. The van der Waals surface area contributed by atoms with Gasteiger partial charge in [-0.15, -0.1) is 6.58 Å². The average molecular weight is 844 g/mol. The molecular formula is C44H73N7O7S.